The number of nitrogens with zero attached hydrogens (tertiary/aromatic N) is 1. The van der Waals surface area contributed by atoms with Crippen molar-refractivity contribution < 1.29 is 8.78 Å². The van der Waals surface area contributed by atoms with E-state index < -0.39 is 11.6 Å². The Hall–Kier alpha value is -0.870. The van der Waals surface area contributed by atoms with Gasteiger partial charge in [-0.2, -0.15) is 0 Å². The Morgan fingerprint density at radius 3 is 2.40 bits per heavy atom. The summed E-state index contributed by atoms with van der Waals surface area (Å²) in [4.78, 5) is 2.11. The maximum absolute atomic E-state index is 14.2. The Balaban J connectivity index is 1.98. The molecule has 5 heteroatoms. The van der Waals surface area contributed by atoms with Gasteiger partial charge in [0, 0.05) is 24.2 Å². The lowest BCUT2D eigenvalue weighted by Crippen LogP contribution is -2.56. The first-order valence-electron chi connectivity index (χ1n) is 7.20. The van der Waals surface area contributed by atoms with Crippen LogP contribution in [0.3, 0.4) is 0 Å². The zero-order valence-corrected chi connectivity index (χ0v) is 12.3. The second-order valence-electron chi connectivity index (χ2n) is 5.82. The summed E-state index contributed by atoms with van der Waals surface area (Å²) in [5.41, 5.74) is 0.386. The minimum atomic E-state index is -0.619. The van der Waals surface area contributed by atoms with Crippen LogP contribution >= 0.6 is 11.6 Å². The molecule has 2 nitrogen and oxygen atoms in total. The van der Waals surface area contributed by atoms with Crippen LogP contribution in [-0.4, -0.2) is 25.2 Å². The summed E-state index contributed by atoms with van der Waals surface area (Å²) in [7, 11) is 1.97. The smallest absolute Gasteiger partial charge is 0.150 e. The van der Waals surface area contributed by atoms with Crippen LogP contribution in [0.5, 0.6) is 0 Å². The number of nitrogens with one attached hydrogen (secondary N) is 1. The molecule has 20 heavy (non-hydrogen) atoms. The average Bonchev–Trinajstić information content (AvgIpc) is 2.36. The number of rotatable bonds is 2. The van der Waals surface area contributed by atoms with Gasteiger partial charge in [-0.25, -0.2) is 8.78 Å². The van der Waals surface area contributed by atoms with E-state index in [0.717, 1.165) is 31.7 Å². The number of halogens is 3. The van der Waals surface area contributed by atoms with Gasteiger partial charge in [0.25, 0.3) is 0 Å². The molecule has 3 rings (SSSR count). The summed E-state index contributed by atoms with van der Waals surface area (Å²) in [6, 6.07) is 3.19. The highest BCUT2D eigenvalue weighted by Gasteiger charge is 2.39. The first-order chi connectivity index (χ1) is 9.60. The van der Waals surface area contributed by atoms with Crippen LogP contribution in [0.25, 0.3) is 0 Å². The van der Waals surface area contributed by atoms with Gasteiger partial charge in [0.05, 0.1) is 10.7 Å². The quantitative estimate of drug-likeness (QED) is 0.895. The molecule has 2 aliphatic rings. The average molecular weight is 301 g/mol. The van der Waals surface area contributed by atoms with Gasteiger partial charge in [0.1, 0.15) is 5.82 Å². The van der Waals surface area contributed by atoms with E-state index in [4.69, 9.17) is 11.6 Å². The molecule has 0 aromatic heterocycles. The van der Waals surface area contributed by atoms with Crippen molar-refractivity contribution in [3.05, 3.63) is 28.8 Å². The van der Waals surface area contributed by atoms with Crippen molar-refractivity contribution in [3.63, 3.8) is 0 Å². The summed E-state index contributed by atoms with van der Waals surface area (Å²) in [5.74, 6) is -1.17. The van der Waals surface area contributed by atoms with Crippen LogP contribution < -0.4 is 10.2 Å². The normalized spacial score (nSPS) is 29.6. The fourth-order valence-electron chi connectivity index (χ4n) is 3.76. The summed E-state index contributed by atoms with van der Waals surface area (Å²) < 4.78 is 27.4. The van der Waals surface area contributed by atoms with Gasteiger partial charge in [0.2, 0.25) is 0 Å². The molecule has 1 aromatic rings. The Labute approximate surface area is 123 Å². The number of hydrogen-bond acceptors (Lipinski definition) is 2. The number of piperidine rings is 2. The van der Waals surface area contributed by atoms with Crippen molar-refractivity contribution in [1.82, 2.24) is 5.32 Å². The van der Waals surface area contributed by atoms with Crippen molar-refractivity contribution in [2.45, 2.75) is 50.2 Å². The molecule has 2 atom stereocenters. The van der Waals surface area contributed by atoms with Gasteiger partial charge in [0.15, 0.2) is 5.82 Å². The molecule has 2 heterocycles. The molecule has 2 bridgehead atoms. The van der Waals surface area contributed by atoms with E-state index in [0.29, 0.717) is 11.7 Å². The monoisotopic (exact) mass is 300 g/mol. The molecular formula is C15H19ClF2N2. The van der Waals surface area contributed by atoms with Crippen molar-refractivity contribution in [3.8, 4) is 0 Å². The molecule has 2 saturated heterocycles. The number of anilines is 1. The van der Waals surface area contributed by atoms with Gasteiger partial charge >= 0.3 is 0 Å². The minimum Gasteiger partial charge on any atom is -0.362 e. The fraction of sp³-hybridized carbons (Fsp3) is 0.600. The topological polar surface area (TPSA) is 15.3 Å². The van der Waals surface area contributed by atoms with Gasteiger partial charge in [-0.05, 0) is 45.2 Å². The molecule has 2 aliphatic heterocycles. The molecule has 0 spiro atoms. The van der Waals surface area contributed by atoms with Crippen LogP contribution in [0, 0.1) is 11.6 Å². The lowest BCUT2D eigenvalue weighted by atomic mass is 9.81. The predicted molar refractivity (Wildman–Crippen MR) is 77.4 cm³/mol. The van der Waals surface area contributed by atoms with Crippen LogP contribution in [0.2, 0.25) is 5.02 Å². The molecule has 1 N–H and O–H groups in total. The highest BCUT2D eigenvalue weighted by atomic mass is 35.5. The first kappa shape index (κ1) is 14.1. The zero-order valence-electron chi connectivity index (χ0n) is 11.5. The highest BCUT2D eigenvalue weighted by Crippen LogP contribution is 2.42. The first-order valence-corrected chi connectivity index (χ1v) is 7.58. The van der Waals surface area contributed by atoms with E-state index in [1.807, 2.05) is 7.05 Å². The second-order valence-corrected chi connectivity index (χ2v) is 6.23. The van der Waals surface area contributed by atoms with Crippen LogP contribution in [0.4, 0.5) is 14.5 Å². The molecule has 0 radical (unpaired) electrons. The highest BCUT2D eigenvalue weighted by molar-refractivity contribution is 6.33. The van der Waals surface area contributed by atoms with Crippen LogP contribution in [0.15, 0.2) is 12.1 Å². The van der Waals surface area contributed by atoms with Gasteiger partial charge in [-0.15, -0.1) is 0 Å². The third-order valence-corrected chi connectivity index (χ3v) is 4.91. The van der Waals surface area contributed by atoms with Crippen molar-refractivity contribution >= 4 is 17.3 Å². The summed E-state index contributed by atoms with van der Waals surface area (Å²) in [6.45, 7) is 0. The number of hydrogen-bond donors (Lipinski definition) is 1. The van der Waals surface area contributed by atoms with E-state index in [-0.39, 0.29) is 17.1 Å². The molecule has 2 fully saturated rings. The fourth-order valence-corrected chi connectivity index (χ4v) is 4.06. The van der Waals surface area contributed by atoms with E-state index >= 15 is 0 Å². The van der Waals surface area contributed by atoms with Crippen LogP contribution in [-0.2, 0) is 0 Å². The Morgan fingerprint density at radius 2 is 1.85 bits per heavy atom. The van der Waals surface area contributed by atoms with Crippen molar-refractivity contribution in [2.24, 2.45) is 0 Å². The van der Waals surface area contributed by atoms with Crippen LogP contribution in [0.1, 0.15) is 32.1 Å². The van der Waals surface area contributed by atoms with E-state index in [1.54, 1.807) is 0 Å². The second kappa shape index (κ2) is 5.49. The minimum absolute atomic E-state index is 0.183. The molecule has 0 aliphatic carbocycles. The lowest BCUT2D eigenvalue weighted by molar-refractivity contribution is 0.250. The summed E-state index contributed by atoms with van der Waals surface area (Å²) in [6.07, 6.45) is 5.23. The molecule has 1 aromatic carbocycles. The van der Waals surface area contributed by atoms with Gasteiger partial charge in [-0.3, -0.25) is 0 Å². The van der Waals surface area contributed by atoms with E-state index in [9.17, 15) is 8.78 Å². The van der Waals surface area contributed by atoms with E-state index in [2.05, 4.69) is 10.2 Å². The molecule has 0 amide bonds. The third-order valence-electron chi connectivity index (χ3n) is 4.62. The van der Waals surface area contributed by atoms with Gasteiger partial charge < -0.3 is 10.2 Å². The van der Waals surface area contributed by atoms with Crippen molar-refractivity contribution in [1.29, 1.82) is 0 Å². The zero-order chi connectivity index (χ0) is 14.3. The summed E-state index contributed by atoms with van der Waals surface area (Å²) in [5, 5.41) is 3.51. The maximum atomic E-state index is 14.2. The Bertz CT molecular complexity index is 472. The molecule has 2 unspecified atom stereocenters. The largest absolute Gasteiger partial charge is 0.362 e. The molecular weight excluding hydrogens is 282 g/mol. The molecule has 110 valence electrons. The predicted octanol–water partition coefficient (Wildman–Crippen LogP) is 3.73. The van der Waals surface area contributed by atoms with Crippen molar-refractivity contribution in [2.75, 3.05) is 11.9 Å². The Kier molecular flexibility index (Phi) is 3.87. The molecule has 0 saturated carbocycles. The lowest BCUT2D eigenvalue weighted by Gasteiger charge is -2.50. The number of fused-ring (bicyclic) bond motifs is 2. The number of benzene rings is 1. The standard InChI is InChI=1S/C15H19ClF2N2/c1-19-10-7-11-3-2-4-12(8-10)20(11)15-13(16)5-9(17)6-14(15)18/h5-6,10-12,19H,2-4,7-8H2,1H3. The SMILES string of the molecule is CNC1CC2CCCC(C1)N2c1c(F)cc(F)cc1Cl. The Morgan fingerprint density at radius 1 is 1.20 bits per heavy atom. The maximum Gasteiger partial charge on any atom is 0.150 e. The van der Waals surface area contributed by atoms with Gasteiger partial charge in [-0.1, -0.05) is 11.6 Å². The summed E-state index contributed by atoms with van der Waals surface area (Å²) >= 11 is 6.11. The van der Waals surface area contributed by atoms with E-state index in [1.165, 1.54) is 12.5 Å². The third kappa shape index (κ3) is 2.40.